The highest BCUT2D eigenvalue weighted by Gasteiger charge is 2.45. The first-order valence-corrected chi connectivity index (χ1v) is 5.92. The molecule has 1 atom stereocenters. The lowest BCUT2D eigenvalue weighted by molar-refractivity contribution is -0.187. The fourth-order valence-corrected chi connectivity index (χ4v) is 2.32. The smallest absolute Gasteiger partial charge is 0.408 e. The molecule has 114 valence electrons. The van der Waals surface area contributed by atoms with E-state index in [0.717, 1.165) is 18.2 Å². The number of hydrogen-bond acceptors (Lipinski definition) is 4. The molecule has 4 nitrogen and oxygen atoms in total. The zero-order chi connectivity index (χ0) is 14.0. The molecule has 0 saturated carbocycles. The van der Waals surface area contributed by atoms with Gasteiger partial charge in [0.1, 0.15) is 17.5 Å². The SMILES string of the molecule is Cl.Oc1cc(O)cc([C@H](N2CCNCC2)C(F)(F)F)c1. The van der Waals surface area contributed by atoms with E-state index in [1.165, 1.54) is 4.90 Å². The number of hydrogen-bond donors (Lipinski definition) is 3. The molecule has 0 amide bonds. The molecule has 1 aliphatic heterocycles. The zero-order valence-corrected chi connectivity index (χ0v) is 11.3. The van der Waals surface area contributed by atoms with Gasteiger partial charge in [-0.15, -0.1) is 12.4 Å². The lowest BCUT2D eigenvalue weighted by Crippen LogP contribution is -2.49. The number of phenolic OH excluding ortho intramolecular Hbond substituents is 2. The van der Waals surface area contributed by atoms with Gasteiger partial charge in [0, 0.05) is 32.2 Å². The van der Waals surface area contributed by atoms with Crippen LogP contribution in [0.1, 0.15) is 11.6 Å². The van der Waals surface area contributed by atoms with Crippen LogP contribution in [-0.4, -0.2) is 47.5 Å². The molecule has 1 saturated heterocycles. The first-order chi connectivity index (χ1) is 8.88. The number of alkyl halides is 3. The van der Waals surface area contributed by atoms with Crippen LogP contribution in [0.4, 0.5) is 13.2 Å². The van der Waals surface area contributed by atoms with Gasteiger partial charge >= 0.3 is 6.18 Å². The summed E-state index contributed by atoms with van der Waals surface area (Å²) in [6, 6.07) is 1.28. The Bertz CT molecular complexity index is 431. The number of aromatic hydroxyl groups is 2. The Balaban J connectivity index is 0.00000200. The van der Waals surface area contributed by atoms with E-state index in [4.69, 9.17) is 0 Å². The molecule has 0 unspecified atom stereocenters. The highest BCUT2D eigenvalue weighted by molar-refractivity contribution is 5.85. The summed E-state index contributed by atoms with van der Waals surface area (Å²) in [7, 11) is 0. The minimum atomic E-state index is -4.46. The summed E-state index contributed by atoms with van der Waals surface area (Å²) in [5.41, 5.74) is -0.146. The average molecular weight is 313 g/mol. The number of phenols is 2. The minimum absolute atomic E-state index is 0. The maximum atomic E-state index is 13.2. The number of benzene rings is 1. The van der Waals surface area contributed by atoms with Gasteiger partial charge in [-0.25, -0.2) is 0 Å². The van der Waals surface area contributed by atoms with E-state index < -0.39 is 12.2 Å². The monoisotopic (exact) mass is 312 g/mol. The van der Waals surface area contributed by atoms with Crippen molar-refractivity contribution in [1.29, 1.82) is 0 Å². The molecule has 3 N–H and O–H groups in total. The number of piperazine rings is 1. The molecule has 1 aliphatic rings. The second-order valence-electron chi connectivity index (χ2n) is 4.51. The van der Waals surface area contributed by atoms with E-state index in [9.17, 15) is 23.4 Å². The van der Waals surface area contributed by atoms with E-state index in [2.05, 4.69) is 5.32 Å². The molecular weight excluding hydrogens is 297 g/mol. The summed E-state index contributed by atoms with van der Waals surface area (Å²) in [4.78, 5) is 1.30. The van der Waals surface area contributed by atoms with E-state index in [1.807, 2.05) is 0 Å². The molecule has 0 aliphatic carbocycles. The van der Waals surface area contributed by atoms with Gasteiger partial charge in [0.15, 0.2) is 0 Å². The second kappa shape index (κ2) is 6.51. The highest BCUT2D eigenvalue weighted by atomic mass is 35.5. The van der Waals surface area contributed by atoms with E-state index in [1.54, 1.807) is 0 Å². The van der Waals surface area contributed by atoms with Gasteiger partial charge in [-0.05, 0) is 17.7 Å². The number of nitrogens with zero attached hydrogens (tertiary/aromatic N) is 1. The van der Waals surface area contributed by atoms with Crippen molar-refractivity contribution in [2.75, 3.05) is 26.2 Å². The van der Waals surface area contributed by atoms with Crippen molar-refractivity contribution in [3.8, 4) is 11.5 Å². The average Bonchev–Trinajstić information content (AvgIpc) is 2.27. The van der Waals surface area contributed by atoms with Gasteiger partial charge in [0.2, 0.25) is 0 Å². The molecule has 0 bridgehead atoms. The summed E-state index contributed by atoms with van der Waals surface area (Å²) in [5.74, 6) is -0.751. The quantitative estimate of drug-likeness (QED) is 0.782. The molecule has 1 aromatic carbocycles. The Morgan fingerprint density at radius 1 is 1.05 bits per heavy atom. The van der Waals surface area contributed by atoms with Crippen molar-refractivity contribution >= 4 is 12.4 Å². The first-order valence-electron chi connectivity index (χ1n) is 5.92. The van der Waals surface area contributed by atoms with Crippen molar-refractivity contribution in [1.82, 2.24) is 10.2 Å². The molecule has 1 fully saturated rings. The van der Waals surface area contributed by atoms with Crippen LogP contribution in [0, 0.1) is 0 Å². The molecule has 1 aromatic rings. The van der Waals surface area contributed by atoms with Gasteiger partial charge in [-0.1, -0.05) is 0 Å². The topological polar surface area (TPSA) is 55.7 Å². The largest absolute Gasteiger partial charge is 0.508 e. The van der Waals surface area contributed by atoms with Crippen molar-refractivity contribution in [3.05, 3.63) is 23.8 Å². The van der Waals surface area contributed by atoms with Gasteiger partial charge in [0.05, 0.1) is 0 Å². The normalized spacial score (nSPS) is 18.4. The van der Waals surface area contributed by atoms with Crippen LogP contribution < -0.4 is 5.32 Å². The van der Waals surface area contributed by atoms with Crippen molar-refractivity contribution in [3.63, 3.8) is 0 Å². The molecule has 20 heavy (non-hydrogen) atoms. The van der Waals surface area contributed by atoms with Crippen molar-refractivity contribution < 1.29 is 23.4 Å². The Morgan fingerprint density at radius 2 is 1.55 bits per heavy atom. The summed E-state index contributed by atoms with van der Waals surface area (Å²) >= 11 is 0. The molecule has 2 rings (SSSR count). The predicted molar refractivity (Wildman–Crippen MR) is 70.3 cm³/mol. The number of halogens is 4. The van der Waals surface area contributed by atoms with Crippen molar-refractivity contribution in [2.45, 2.75) is 12.2 Å². The van der Waals surface area contributed by atoms with Crippen LogP contribution in [-0.2, 0) is 0 Å². The van der Waals surface area contributed by atoms with Gasteiger partial charge in [-0.2, -0.15) is 13.2 Å². The van der Waals surface area contributed by atoms with Crippen LogP contribution in [0.2, 0.25) is 0 Å². The predicted octanol–water partition coefficient (Wildman–Crippen LogP) is 2.03. The summed E-state index contributed by atoms with van der Waals surface area (Å²) < 4.78 is 39.7. The van der Waals surface area contributed by atoms with Crippen LogP contribution in [0.5, 0.6) is 11.5 Å². The van der Waals surface area contributed by atoms with Crippen LogP contribution >= 0.6 is 12.4 Å². The van der Waals surface area contributed by atoms with E-state index >= 15 is 0 Å². The Labute approximate surface area is 120 Å². The maximum Gasteiger partial charge on any atom is 0.408 e. The van der Waals surface area contributed by atoms with Crippen molar-refractivity contribution in [2.24, 2.45) is 0 Å². The van der Waals surface area contributed by atoms with Gasteiger partial charge < -0.3 is 15.5 Å². The van der Waals surface area contributed by atoms with Crippen LogP contribution in [0.3, 0.4) is 0 Å². The molecule has 1 heterocycles. The molecule has 0 radical (unpaired) electrons. The number of nitrogens with one attached hydrogen (secondary N) is 1. The minimum Gasteiger partial charge on any atom is -0.508 e. The third-order valence-corrected chi connectivity index (χ3v) is 3.07. The zero-order valence-electron chi connectivity index (χ0n) is 10.5. The third-order valence-electron chi connectivity index (χ3n) is 3.07. The Morgan fingerprint density at radius 3 is 2.00 bits per heavy atom. The molecule has 8 heteroatoms. The van der Waals surface area contributed by atoms with Gasteiger partial charge in [-0.3, -0.25) is 4.90 Å². The summed E-state index contributed by atoms with van der Waals surface area (Å²) in [5, 5.41) is 21.7. The summed E-state index contributed by atoms with van der Waals surface area (Å²) in [6.07, 6.45) is -4.46. The van der Waals surface area contributed by atoms with E-state index in [-0.39, 0.29) is 42.6 Å². The second-order valence-corrected chi connectivity index (χ2v) is 4.51. The lowest BCUT2D eigenvalue weighted by Gasteiger charge is -2.36. The maximum absolute atomic E-state index is 13.2. The lowest BCUT2D eigenvalue weighted by atomic mass is 10.0. The standard InChI is InChI=1S/C12H15F3N2O2.ClH/c13-12(14,15)11(17-3-1-16-2-4-17)8-5-9(18)7-10(19)6-8;/h5-7,11,16,18-19H,1-4H2;1H/t11-;/m0./s1. The van der Waals surface area contributed by atoms with Crippen LogP contribution in [0.15, 0.2) is 18.2 Å². The fraction of sp³-hybridized carbons (Fsp3) is 0.500. The number of rotatable bonds is 2. The van der Waals surface area contributed by atoms with E-state index in [0.29, 0.717) is 13.1 Å². The molecule has 0 aromatic heterocycles. The summed E-state index contributed by atoms with van der Waals surface area (Å²) in [6.45, 7) is 1.50. The Kier molecular flexibility index (Phi) is 5.50. The molecule has 0 spiro atoms. The van der Waals surface area contributed by atoms with Gasteiger partial charge in [0.25, 0.3) is 0 Å². The fourth-order valence-electron chi connectivity index (χ4n) is 2.32. The van der Waals surface area contributed by atoms with Crippen LogP contribution in [0.25, 0.3) is 0 Å². The molecular formula is C12H16ClF3N2O2. The first kappa shape index (κ1) is 16.9. The Hall–Kier alpha value is -1.18. The highest BCUT2D eigenvalue weighted by Crippen LogP contribution is 2.40. The third kappa shape index (κ3) is 3.91.